The van der Waals surface area contributed by atoms with Crippen LogP contribution in [0.15, 0.2) is 40.2 Å². The van der Waals surface area contributed by atoms with Crippen molar-refractivity contribution in [1.29, 1.82) is 0 Å². The van der Waals surface area contributed by atoms with Crippen LogP contribution in [0.4, 0.5) is 0 Å². The molecule has 0 radical (unpaired) electrons. The highest BCUT2D eigenvalue weighted by Crippen LogP contribution is 2.15. The number of benzene rings is 1. The fourth-order valence-electron chi connectivity index (χ4n) is 3.46. The van der Waals surface area contributed by atoms with Crippen LogP contribution in [-0.2, 0) is 35.7 Å². The van der Waals surface area contributed by atoms with Gasteiger partial charge in [0.25, 0.3) is 5.56 Å². The topological polar surface area (TPSA) is 101 Å². The van der Waals surface area contributed by atoms with Crippen molar-refractivity contribution in [2.45, 2.75) is 52.1 Å². The van der Waals surface area contributed by atoms with Crippen molar-refractivity contribution in [1.82, 2.24) is 18.7 Å². The first kappa shape index (κ1) is 24.2. The number of unbranched alkanes of at least 4 members (excludes halogenated alkanes) is 1. The van der Waals surface area contributed by atoms with Gasteiger partial charge in [-0.1, -0.05) is 43.1 Å². The van der Waals surface area contributed by atoms with E-state index in [4.69, 9.17) is 21.1 Å². The molecule has 1 aromatic carbocycles. The van der Waals surface area contributed by atoms with Crippen LogP contribution in [0.5, 0.6) is 0 Å². The van der Waals surface area contributed by atoms with Crippen molar-refractivity contribution in [3.8, 4) is 0 Å². The Bertz CT molecular complexity index is 1150. The fourth-order valence-corrected chi connectivity index (χ4v) is 3.65. The largest absolute Gasteiger partial charge is 0.389 e. The summed E-state index contributed by atoms with van der Waals surface area (Å²) >= 11 is 6.12. The number of aliphatic hydroxyl groups is 1. The van der Waals surface area contributed by atoms with Crippen LogP contribution in [0.25, 0.3) is 11.2 Å². The number of methoxy groups -OCH3 is 1. The Hall–Kier alpha value is -2.46. The molecule has 0 saturated heterocycles. The lowest BCUT2D eigenvalue weighted by Crippen LogP contribution is -2.43. The van der Waals surface area contributed by atoms with Gasteiger partial charge in [-0.25, -0.2) is 9.78 Å². The first-order chi connectivity index (χ1) is 15.5. The van der Waals surface area contributed by atoms with E-state index in [-0.39, 0.29) is 19.8 Å². The lowest BCUT2D eigenvalue weighted by molar-refractivity contribution is 0.0192. The minimum atomic E-state index is -1.05. The Morgan fingerprint density at radius 1 is 1.19 bits per heavy atom. The lowest BCUT2D eigenvalue weighted by atomic mass is 10.2. The smallest absolute Gasteiger partial charge is 0.332 e. The molecule has 3 aromatic rings. The summed E-state index contributed by atoms with van der Waals surface area (Å²) in [6.07, 6.45) is 2.15. The molecule has 2 heterocycles. The minimum Gasteiger partial charge on any atom is -0.389 e. The maximum Gasteiger partial charge on any atom is 0.332 e. The van der Waals surface area contributed by atoms with Gasteiger partial charge in [0.15, 0.2) is 11.2 Å². The van der Waals surface area contributed by atoms with Crippen LogP contribution in [0, 0.1) is 0 Å². The maximum atomic E-state index is 13.2. The maximum absolute atomic E-state index is 13.2. The van der Waals surface area contributed by atoms with E-state index >= 15 is 0 Å². The van der Waals surface area contributed by atoms with Gasteiger partial charge in [-0.3, -0.25) is 13.9 Å². The van der Waals surface area contributed by atoms with E-state index in [0.717, 1.165) is 23.0 Å². The molecule has 1 atom stereocenters. The van der Waals surface area contributed by atoms with Crippen LogP contribution in [0.1, 0.15) is 25.3 Å². The predicted octanol–water partition coefficient (Wildman–Crippen LogP) is 2.04. The first-order valence-corrected chi connectivity index (χ1v) is 11.0. The average Bonchev–Trinajstić information content (AvgIpc) is 3.20. The van der Waals surface area contributed by atoms with Gasteiger partial charge in [0.05, 0.1) is 38.8 Å². The number of ether oxygens (including phenoxy) is 2. The van der Waals surface area contributed by atoms with Crippen LogP contribution in [0.2, 0.25) is 5.02 Å². The van der Waals surface area contributed by atoms with Gasteiger partial charge >= 0.3 is 5.69 Å². The number of halogens is 1. The van der Waals surface area contributed by atoms with E-state index < -0.39 is 17.4 Å². The van der Waals surface area contributed by atoms with Gasteiger partial charge in [-0.15, -0.1) is 0 Å². The number of imidazole rings is 1. The summed E-state index contributed by atoms with van der Waals surface area (Å²) in [6, 6.07) is 7.27. The lowest BCUT2D eigenvalue weighted by Gasteiger charge is -2.16. The Balaban J connectivity index is 1.84. The number of nitrogens with zero attached hydrogens (tertiary/aromatic N) is 4. The van der Waals surface area contributed by atoms with E-state index in [0.29, 0.717) is 35.9 Å². The van der Waals surface area contributed by atoms with Crippen LogP contribution < -0.4 is 11.2 Å². The monoisotopic (exact) mass is 464 g/mol. The van der Waals surface area contributed by atoms with Crippen molar-refractivity contribution >= 4 is 22.8 Å². The highest BCUT2D eigenvalue weighted by molar-refractivity contribution is 6.31. The van der Waals surface area contributed by atoms with Crippen molar-refractivity contribution in [3.63, 3.8) is 0 Å². The molecule has 9 nitrogen and oxygen atoms in total. The molecular formula is C22H29ClN4O5. The summed E-state index contributed by atoms with van der Waals surface area (Å²) in [7, 11) is 1.58. The molecule has 0 aliphatic carbocycles. The zero-order valence-electron chi connectivity index (χ0n) is 18.4. The Labute approximate surface area is 190 Å². The summed E-state index contributed by atoms with van der Waals surface area (Å²) in [5, 5.41) is 11.1. The molecule has 0 spiro atoms. The molecule has 0 bridgehead atoms. The number of aryl methyl sites for hydroxylation is 1. The molecular weight excluding hydrogens is 436 g/mol. The first-order valence-electron chi connectivity index (χ1n) is 10.6. The molecule has 174 valence electrons. The number of hydrogen-bond donors (Lipinski definition) is 1. The standard InChI is InChI=1S/C22H29ClN4O5/c1-3-4-9-26-20-19(25(15-24-20)10-11-31-2)21(29)27(22(26)30)12-17(28)14-32-13-16-7-5-6-8-18(16)23/h5-8,15,17,28H,3-4,9-14H2,1-2H3/t17-/m0/s1. The molecule has 0 saturated carbocycles. The molecule has 10 heteroatoms. The molecule has 0 aliphatic rings. The number of aliphatic hydroxyl groups excluding tert-OH is 1. The van der Waals surface area contributed by atoms with E-state index in [9.17, 15) is 14.7 Å². The van der Waals surface area contributed by atoms with Crippen LogP contribution in [0.3, 0.4) is 0 Å². The summed E-state index contributed by atoms with van der Waals surface area (Å²) in [4.78, 5) is 30.6. The van der Waals surface area contributed by atoms with Crippen LogP contribution >= 0.6 is 11.6 Å². The highest BCUT2D eigenvalue weighted by Gasteiger charge is 2.20. The third-order valence-corrected chi connectivity index (χ3v) is 5.54. The van der Waals surface area contributed by atoms with Crippen molar-refractivity contribution < 1.29 is 14.6 Å². The third-order valence-electron chi connectivity index (χ3n) is 5.17. The zero-order valence-corrected chi connectivity index (χ0v) is 19.1. The Morgan fingerprint density at radius 2 is 1.97 bits per heavy atom. The molecule has 0 unspecified atom stereocenters. The number of rotatable bonds is 12. The highest BCUT2D eigenvalue weighted by atomic mass is 35.5. The molecule has 3 rings (SSSR count). The van der Waals surface area contributed by atoms with Gasteiger partial charge in [0.2, 0.25) is 0 Å². The number of fused-ring (bicyclic) bond motifs is 1. The molecule has 0 amide bonds. The van der Waals surface area contributed by atoms with Crippen molar-refractivity contribution in [2.24, 2.45) is 0 Å². The number of aromatic nitrogens is 4. The molecule has 0 fully saturated rings. The molecule has 0 aliphatic heterocycles. The molecule has 32 heavy (non-hydrogen) atoms. The van der Waals surface area contributed by atoms with E-state index in [1.165, 1.54) is 4.57 Å². The van der Waals surface area contributed by atoms with E-state index in [1.54, 1.807) is 24.1 Å². The van der Waals surface area contributed by atoms with E-state index in [2.05, 4.69) is 4.98 Å². The second-order valence-corrected chi connectivity index (χ2v) is 7.97. The normalized spacial score (nSPS) is 12.5. The van der Waals surface area contributed by atoms with Crippen molar-refractivity contribution in [2.75, 3.05) is 20.3 Å². The Morgan fingerprint density at radius 3 is 2.69 bits per heavy atom. The van der Waals surface area contributed by atoms with Gasteiger partial charge in [0.1, 0.15) is 0 Å². The fraction of sp³-hybridized carbons (Fsp3) is 0.500. The third kappa shape index (κ3) is 5.47. The minimum absolute atomic E-state index is 0.0486. The average molecular weight is 465 g/mol. The number of hydrogen-bond acceptors (Lipinski definition) is 6. The second-order valence-electron chi connectivity index (χ2n) is 7.57. The molecule has 1 N–H and O–H groups in total. The quantitative estimate of drug-likeness (QED) is 0.440. The van der Waals surface area contributed by atoms with Gasteiger partial charge < -0.3 is 19.1 Å². The second kappa shape index (κ2) is 11.4. The predicted molar refractivity (Wildman–Crippen MR) is 122 cm³/mol. The van der Waals surface area contributed by atoms with Gasteiger partial charge in [-0.2, -0.15) is 0 Å². The SMILES string of the molecule is CCCCn1c(=O)n(C[C@H](O)COCc2ccccc2Cl)c(=O)c2c1ncn2CCOC. The van der Waals surface area contributed by atoms with Crippen molar-refractivity contribution in [3.05, 3.63) is 62.0 Å². The summed E-state index contributed by atoms with van der Waals surface area (Å²) in [5.74, 6) is 0. The van der Waals surface area contributed by atoms with E-state index in [1.807, 2.05) is 25.1 Å². The van der Waals surface area contributed by atoms with Crippen LogP contribution in [-0.4, -0.2) is 50.2 Å². The summed E-state index contributed by atoms with van der Waals surface area (Å²) in [6.45, 7) is 3.27. The van der Waals surface area contributed by atoms with Gasteiger partial charge in [-0.05, 0) is 18.1 Å². The summed E-state index contributed by atoms with van der Waals surface area (Å²) in [5.41, 5.74) is 0.491. The Kier molecular flexibility index (Phi) is 8.63. The van der Waals surface area contributed by atoms with Gasteiger partial charge in [0, 0.05) is 25.2 Å². The molecule has 2 aromatic heterocycles. The summed E-state index contributed by atoms with van der Waals surface area (Å²) < 4.78 is 14.9. The zero-order chi connectivity index (χ0) is 23.1.